The van der Waals surface area contributed by atoms with Crippen molar-refractivity contribution >= 4 is 53.3 Å². The molecule has 0 spiro atoms. The van der Waals surface area contributed by atoms with Gasteiger partial charge in [0.05, 0.1) is 48.8 Å². The lowest BCUT2D eigenvalue weighted by Crippen LogP contribution is -2.60. The van der Waals surface area contributed by atoms with Crippen LogP contribution in [0.5, 0.6) is 0 Å². The van der Waals surface area contributed by atoms with Gasteiger partial charge in [-0.1, -0.05) is 105 Å². The van der Waals surface area contributed by atoms with Gasteiger partial charge in [0.15, 0.2) is 0 Å². The molecule has 2 aromatic carbocycles. The van der Waals surface area contributed by atoms with E-state index in [9.17, 15) is 43.5 Å². The number of carbonyl (C=O) groups excluding carboxylic acids is 8. The summed E-state index contributed by atoms with van der Waals surface area (Å²) in [6.07, 6.45) is -1.01. The number of aliphatic hydroxyl groups is 1. The lowest BCUT2D eigenvalue weighted by Gasteiger charge is -2.40. The molecule has 3 rings (SSSR count). The monoisotopic (exact) mass is 1090 g/mol. The number of likely N-dealkylation sites (tertiary alicyclic amines) is 1. The summed E-state index contributed by atoms with van der Waals surface area (Å²) in [4.78, 5) is 112. The number of hydrogen-bond donors (Lipinski definition) is 7. The highest BCUT2D eigenvalue weighted by molar-refractivity contribution is 5.97. The zero-order chi connectivity index (χ0) is 58.6. The first-order valence-corrected chi connectivity index (χ1v) is 27.3. The Labute approximate surface area is 462 Å². The lowest BCUT2D eigenvalue weighted by molar-refractivity contribution is -0.147. The second-order valence-electron chi connectivity index (χ2n) is 22.0. The number of carbonyl (C=O) groups is 8. The molecule has 1 unspecified atom stereocenters. The Morgan fingerprint density at radius 3 is 1.95 bits per heavy atom. The average molecular weight is 1090 g/mol. The minimum Gasteiger partial charge on any atom is -0.445 e. The van der Waals surface area contributed by atoms with Crippen LogP contribution in [0.25, 0.3) is 0 Å². The molecular formula is C57H91N9O12. The van der Waals surface area contributed by atoms with E-state index in [1.165, 1.54) is 31.1 Å². The summed E-state index contributed by atoms with van der Waals surface area (Å²) in [6, 6.07) is 10.4. The Hall–Kier alpha value is -6.32. The van der Waals surface area contributed by atoms with Crippen LogP contribution in [0.3, 0.4) is 0 Å². The maximum absolute atomic E-state index is 14.6. The number of benzene rings is 2. The molecule has 1 aliphatic heterocycles. The van der Waals surface area contributed by atoms with Gasteiger partial charge in [-0.3, -0.25) is 33.7 Å². The summed E-state index contributed by atoms with van der Waals surface area (Å²) in [5.41, 5.74) is 6.85. The highest BCUT2D eigenvalue weighted by Crippen LogP contribution is 2.30. The number of rotatable bonds is 30. The Morgan fingerprint density at radius 2 is 1.40 bits per heavy atom. The summed E-state index contributed by atoms with van der Waals surface area (Å²) in [7, 11) is 6.09. The van der Waals surface area contributed by atoms with E-state index >= 15 is 0 Å². The average Bonchev–Trinajstić information content (AvgIpc) is 3.87. The van der Waals surface area contributed by atoms with Crippen LogP contribution in [-0.2, 0) is 49.6 Å². The van der Waals surface area contributed by atoms with Crippen molar-refractivity contribution in [1.29, 1.82) is 0 Å². The number of amides is 9. The Balaban J connectivity index is 1.67. The van der Waals surface area contributed by atoms with Gasteiger partial charge < -0.3 is 61.4 Å². The van der Waals surface area contributed by atoms with Crippen molar-refractivity contribution < 1.29 is 57.7 Å². The van der Waals surface area contributed by atoms with Crippen LogP contribution in [-0.4, -0.2) is 157 Å². The standard InChI is InChI=1S/C57H91N9O12/c1-33(2)30-45(67)62-42(22-18-28-59-56(58)74)53(71)61-41-26-24-39(25-27-41)32-78-57(75)65(12)49(36(7)8)54(72)63-47(34(3)4)55(73)64(11)48(35(5)6)44(76-13)31-46(68)66-29-19-23-43(66)51(77-14)37(9)52(70)60-38(10)50(69)40-20-16-15-17-21-40/h15-17,20-21,24-27,33-38,42-44,47-51,69H,18-19,22-23,28-32H2,1-14H3,(H,60,70)(H,61,71)(H,62,67)(H,63,72)(H3,58,59,74)/t37-,38-,42+,43+,44-,47+,48+,49+,50?,51-/m1/s1. The van der Waals surface area contributed by atoms with Crippen molar-refractivity contribution in [2.45, 2.75) is 169 Å². The minimum atomic E-state index is -1.04. The molecule has 1 heterocycles. The van der Waals surface area contributed by atoms with Gasteiger partial charge in [-0.15, -0.1) is 0 Å². The summed E-state index contributed by atoms with van der Waals surface area (Å²) >= 11 is 0. The van der Waals surface area contributed by atoms with Gasteiger partial charge in [0.25, 0.3) is 0 Å². The predicted molar refractivity (Wildman–Crippen MR) is 297 cm³/mol. The first-order chi connectivity index (χ1) is 36.7. The zero-order valence-electron chi connectivity index (χ0n) is 48.5. The topological polar surface area (TPSA) is 280 Å². The quantitative estimate of drug-likeness (QED) is 0.0503. The summed E-state index contributed by atoms with van der Waals surface area (Å²) in [6.45, 7) is 18.8. The van der Waals surface area contributed by atoms with Gasteiger partial charge in [-0.05, 0) is 79.5 Å². The van der Waals surface area contributed by atoms with Crippen LogP contribution in [0.4, 0.5) is 15.3 Å². The highest BCUT2D eigenvalue weighted by Gasteiger charge is 2.43. The Morgan fingerprint density at radius 1 is 0.756 bits per heavy atom. The molecule has 9 amide bonds. The number of hydrogen-bond acceptors (Lipinski definition) is 12. The van der Waals surface area contributed by atoms with E-state index in [1.807, 2.05) is 45.9 Å². The summed E-state index contributed by atoms with van der Waals surface area (Å²) in [5, 5.41) is 24.8. The molecule has 10 atom stereocenters. The summed E-state index contributed by atoms with van der Waals surface area (Å²) in [5.74, 6) is -3.82. The second-order valence-corrected chi connectivity index (χ2v) is 22.0. The third kappa shape index (κ3) is 19.5. The summed E-state index contributed by atoms with van der Waals surface area (Å²) < 4.78 is 17.6. The fourth-order valence-electron chi connectivity index (χ4n) is 10.1. The van der Waals surface area contributed by atoms with Crippen LogP contribution in [0, 0.1) is 29.6 Å². The molecule has 21 heteroatoms. The number of aliphatic hydroxyl groups excluding tert-OH is 1. The van der Waals surface area contributed by atoms with Crippen LogP contribution < -0.4 is 32.3 Å². The number of nitrogens with zero attached hydrogens (tertiary/aromatic N) is 3. The molecule has 1 aliphatic rings. The first kappa shape index (κ1) is 66.0. The molecule has 0 bridgehead atoms. The van der Waals surface area contributed by atoms with Crippen LogP contribution in [0.1, 0.15) is 125 Å². The molecule has 21 nitrogen and oxygen atoms in total. The lowest BCUT2D eigenvalue weighted by atomic mass is 9.91. The van der Waals surface area contributed by atoms with Gasteiger partial charge in [0.1, 0.15) is 24.7 Å². The number of anilines is 1. The number of nitrogens with one attached hydrogen (secondary N) is 5. The van der Waals surface area contributed by atoms with Gasteiger partial charge in [-0.25, -0.2) is 9.59 Å². The normalized spacial score (nSPS) is 17.0. The van der Waals surface area contributed by atoms with E-state index < -0.39 is 102 Å². The van der Waals surface area contributed by atoms with Crippen molar-refractivity contribution in [2.75, 3.05) is 46.7 Å². The maximum atomic E-state index is 14.6. The third-order valence-electron chi connectivity index (χ3n) is 14.3. The fourth-order valence-corrected chi connectivity index (χ4v) is 10.1. The number of methoxy groups -OCH3 is 2. The third-order valence-corrected chi connectivity index (χ3v) is 14.3. The molecule has 0 radical (unpaired) electrons. The van der Waals surface area contributed by atoms with Crippen LogP contribution in [0.15, 0.2) is 54.6 Å². The molecule has 1 fully saturated rings. The van der Waals surface area contributed by atoms with Crippen molar-refractivity contribution in [2.24, 2.45) is 35.3 Å². The van der Waals surface area contributed by atoms with E-state index in [4.69, 9.17) is 19.9 Å². The van der Waals surface area contributed by atoms with E-state index in [0.29, 0.717) is 42.6 Å². The van der Waals surface area contributed by atoms with E-state index in [1.54, 1.807) is 89.9 Å². The SMILES string of the molecule is CO[C@H]([C@@H](C)C(=O)N[C@H](C)C(O)c1ccccc1)[C@@H]1CCCN1C(=O)C[C@@H](OC)[C@H](C(C)C)N(C)C(=O)[C@@H](NC(=O)[C@H](C(C)C)N(C)C(=O)OCc1ccc(NC(=O)[C@H](CCCNC(N)=O)NC(=O)CC(C)C)cc1)C(C)C. The molecule has 1 saturated heterocycles. The Kier molecular flexibility index (Phi) is 27.0. The molecule has 78 heavy (non-hydrogen) atoms. The number of ether oxygens (including phenoxy) is 3. The number of likely N-dealkylation sites (N-methyl/N-ethyl adjacent to an activating group) is 2. The second kappa shape index (κ2) is 31.9. The highest BCUT2D eigenvalue weighted by atomic mass is 16.6. The Bertz CT molecular complexity index is 2270. The number of primary amides is 1. The molecule has 436 valence electrons. The van der Waals surface area contributed by atoms with Crippen molar-refractivity contribution in [3.63, 3.8) is 0 Å². The molecule has 0 aromatic heterocycles. The fraction of sp³-hybridized carbons (Fsp3) is 0.649. The minimum absolute atomic E-state index is 0.0768. The largest absolute Gasteiger partial charge is 0.445 e. The van der Waals surface area contributed by atoms with E-state index in [0.717, 1.165) is 0 Å². The van der Waals surface area contributed by atoms with Gasteiger partial charge in [-0.2, -0.15) is 0 Å². The zero-order valence-corrected chi connectivity index (χ0v) is 48.5. The number of urea groups is 1. The molecule has 2 aromatic rings. The maximum Gasteiger partial charge on any atom is 0.410 e. The van der Waals surface area contributed by atoms with E-state index in [2.05, 4.69) is 26.6 Å². The smallest absolute Gasteiger partial charge is 0.410 e. The predicted octanol–water partition coefficient (Wildman–Crippen LogP) is 5.11. The van der Waals surface area contributed by atoms with Gasteiger partial charge in [0.2, 0.25) is 35.4 Å². The van der Waals surface area contributed by atoms with Crippen molar-refractivity contribution in [3.8, 4) is 0 Å². The molecule has 0 saturated carbocycles. The molecule has 8 N–H and O–H groups in total. The van der Waals surface area contributed by atoms with Crippen molar-refractivity contribution in [3.05, 3.63) is 65.7 Å². The molecule has 0 aliphatic carbocycles. The van der Waals surface area contributed by atoms with E-state index in [-0.39, 0.29) is 62.0 Å². The van der Waals surface area contributed by atoms with Gasteiger partial charge in [0, 0.05) is 53.5 Å². The van der Waals surface area contributed by atoms with Crippen LogP contribution in [0.2, 0.25) is 0 Å². The molecular weight excluding hydrogens is 1000 g/mol. The van der Waals surface area contributed by atoms with Gasteiger partial charge >= 0.3 is 12.1 Å². The van der Waals surface area contributed by atoms with Crippen LogP contribution >= 0.6 is 0 Å². The first-order valence-electron chi connectivity index (χ1n) is 27.3. The van der Waals surface area contributed by atoms with Crippen molar-refractivity contribution in [1.82, 2.24) is 36.0 Å². The number of nitrogens with two attached hydrogens (primary N) is 1.